The zero-order chi connectivity index (χ0) is 17.1. The number of ether oxygens (including phenoxy) is 1. The molecule has 8 nitrogen and oxygen atoms in total. The highest BCUT2D eigenvalue weighted by Gasteiger charge is 2.43. The van der Waals surface area contributed by atoms with Gasteiger partial charge in [0.05, 0.1) is 11.8 Å². The molecule has 3 rings (SSSR count). The quantitative estimate of drug-likeness (QED) is 0.789. The number of allylic oxidation sites excluding steroid dienone is 2. The van der Waals surface area contributed by atoms with Crippen LogP contribution in [-0.2, 0) is 20.9 Å². The number of likely N-dealkylation sites (tertiary alicyclic amines) is 1. The molecule has 3 atom stereocenters. The van der Waals surface area contributed by atoms with E-state index in [1.165, 1.54) is 7.11 Å². The second kappa shape index (κ2) is 7.12. The zero-order valence-corrected chi connectivity index (χ0v) is 13.7. The van der Waals surface area contributed by atoms with Gasteiger partial charge in [-0.05, 0) is 19.3 Å². The van der Waals surface area contributed by atoms with E-state index in [0.29, 0.717) is 24.8 Å². The molecule has 2 aliphatic rings. The summed E-state index contributed by atoms with van der Waals surface area (Å²) >= 11 is 0. The van der Waals surface area contributed by atoms with Crippen molar-refractivity contribution in [2.75, 3.05) is 20.2 Å². The van der Waals surface area contributed by atoms with Gasteiger partial charge in [0.2, 0.25) is 17.7 Å². The monoisotopic (exact) mass is 334 g/mol. The first kappa shape index (κ1) is 16.6. The number of carbonyl (C=O) groups is 2. The van der Waals surface area contributed by atoms with E-state index in [9.17, 15) is 9.59 Å². The highest BCUT2D eigenvalue weighted by molar-refractivity contribution is 5.83. The van der Waals surface area contributed by atoms with Gasteiger partial charge in [0.25, 0.3) is 0 Å². The van der Waals surface area contributed by atoms with Crippen LogP contribution in [0, 0.1) is 11.8 Å². The van der Waals surface area contributed by atoms with E-state index in [1.807, 2.05) is 6.08 Å². The minimum Gasteiger partial charge on any atom is -0.377 e. The van der Waals surface area contributed by atoms with Gasteiger partial charge in [0, 0.05) is 26.1 Å². The minimum absolute atomic E-state index is 0.0194. The van der Waals surface area contributed by atoms with Crippen LogP contribution in [-0.4, -0.2) is 47.1 Å². The summed E-state index contributed by atoms with van der Waals surface area (Å²) in [4.78, 5) is 30.5. The van der Waals surface area contributed by atoms with Crippen LogP contribution in [0.2, 0.25) is 0 Å². The van der Waals surface area contributed by atoms with Gasteiger partial charge in [-0.2, -0.15) is 4.98 Å². The molecule has 24 heavy (non-hydrogen) atoms. The Labute approximate surface area is 140 Å². The molecule has 0 spiro atoms. The first-order valence-electron chi connectivity index (χ1n) is 8.14. The van der Waals surface area contributed by atoms with Crippen molar-refractivity contribution in [3.05, 3.63) is 23.9 Å². The number of primary amides is 1. The van der Waals surface area contributed by atoms with Crippen LogP contribution in [0.15, 0.2) is 16.7 Å². The average molecular weight is 334 g/mol. The summed E-state index contributed by atoms with van der Waals surface area (Å²) in [5.74, 6) is -0.515. The van der Waals surface area contributed by atoms with Crippen molar-refractivity contribution < 1.29 is 18.8 Å². The number of methoxy groups -OCH3 is 1. The lowest BCUT2D eigenvalue weighted by Crippen LogP contribution is -2.36. The van der Waals surface area contributed by atoms with Crippen molar-refractivity contribution in [2.45, 2.75) is 31.8 Å². The van der Waals surface area contributed by atoms with Gasteiger partial charge >= 0.3 is 0 Å². The predicted octanol–water partition coefficient (Wildman–Crippen LogP) is 0.600. The fourth-order valence-corrected chi connectivity index (χ4v) is 3.40. The van der Waals surface area contributed by atoms with Crippen molar-refractivity contribution >= 4 is 11.8 Å². The van der Waals surface area contributed by atoms with Crippen LogP contribution >= 0.6 is 0 Å². The van der Waals surface area contributed by atoms with E-state index < -0.39 is 11.8 Å². The van der Waals surface area contributed by atoms with Crippen LogP contribution in [0.4, 0.5) is 0 Å². The maximum absolute atomic E-state index is 12.7. The molecule has 1 aliphatic carbocycles. The number of hydrogen-bond donors (Lipinski definition) is 1. The summed E-state index contributed by atoms with van der Waals surface area (Å²) < 4.78 is 10.2. The van der Waals surface area contributed by atoms with Crippen LogP contribution in [0.3, 0.4) is 0 Å². The fraction of sp³-hybridized carbons (Fsp3) is 0.625. The first-order valence-corrected chi connectivity index (χ1v) is 8.14. The molecule has 1 aliphatic heterocycles. The summed E-state index contributed by atoms with van der Waals surface area (Å²) in [5.41, 5.74) is 5.53. The largest absolute Gasteiger partial charge is 0.377 e. The van der Waals surface area contributed by atoms with Crippen molar-refractivity contribution in [2.24, 2.45) is 17.6 Å². The molecule has 0 bridgehead atoms. The van der Waals surface area contributed by atoms with Gasteiger partial charge in [-0.15, -0.1) is 0 Å². The van der Waals surface area contributed by atoms with E-state index >= 15 is 0 Å². The normalized spacial score (nSPS) is 26.7. The van der Waals surface area contributed by atoms with Crippen LogP contribution in [0.5, 0.6) is 0 Å². The van der Waals surface area contributed by atoms with E-state index in [0.717, 1.165) is 19.3 Å². The summed E-state index contributed by atoms with van der Waals surface area (Å²) in [6.45, 7) is 0.914. The lowest BCUT2D eigenvalue weighted by molar-refractivity contribution is -0.135. The molecule has 130 valence electrons. The third-order valence-electron chi connectivity index (χ3n) is 4.69. The Bertz CT molecular complexity index is 642. The fourth-order valence-electron chi connectivity index (χ4n) is 3.40. The first-order chi connectivity index (χ1) is 11.6. The molecule has 1 saturated heterocycles. The van der Waals surface area contributed by atoms with E-state index in [2.05, 4.69) is 16.2 Å². The van der Waals surface area contributed by atoms with Crippen molar-refractivity contribution in [1.82, 2.24) is 15.0 Å². The number of hydrogen-bond acceptors (Lipinski definition) is 6. The van der Waals surface area contributed by atoms with Crippen LogP contribution in [0.25, 0.3) is 0 Å². The standard InChI is InChI=1S/C16H22N4O4/c1-23-9-13-18-15(24-19-13)12-8-20(7-11(12)14(17)21)16(22)10-5-3-2-4-6-10/h2-3,10-12H,4-9H2,1H3,(H2,17,21). The molecule has 2 amide bonds. The van der Waals surface area contributed by atoms with Gasteiger partial charge in [-0.3, -0.25) is 9.59 Å². The number of carbonyl (C=O) groups excluding carboxylic acids is 2. The Kier molecular flexibility index (Phi) is 4.94. The summed E-state index contributed by atoms with van der Waals surface area (Å²) in [7, 11) is 1.54. The second-order valence-corrected chi connectivity index (χ2v) is 6.32. The smallest absolute Gasteiger partial charge is 0.232 e. The summed E-state index contributed by atoms with van der Waals surface area (Å²) in [5, 5.41) is 3.83. The Morgan fingerprint density at radius 3 is 2.92 bits per heavy atom. The molecule has 8 heteroatoms. The topological polar surface area (TPSA) is 112 Å². The number of aromatic nitrogens is 2. The maximum Gasteiger partial charge on any atom is 0.232 e. The van der Waals surface area contributed by atoms with Gasteiger partial charge in [-0.25, -0.2) is 0 Å². The summed E-state index contributed by atoms with van der Waals surface area (Å²) in [6.07, 6.45) is 6.64. The van der Waals surface area contributed by atoms with Gasteiger partial charge < -0.3 is 19.9 Å². The highest BCUT2D eigenvalue weighted by Crippen LogP contribution is 2.33. The summed E-state index contributed by atoms with van der Waals surface area (Å²) in [6, 6.07) is 0. The lowest BCUT2D eigenvalue weighted by Gasteiger charge is -2.24. The number of amides is 2. The molecule has 1 aromatic heterocycles. The van der Waals surface area contributed by atoms with Crippen LogP contribution in [0.1, 0.15) is 36.9 Å². The number of rotatable bonds is 5. The maximum atomic E-state index is 12.7. The Balaban J connectivity index is 1.74. The van der Waals surface area contributed by atoms with Crippen molar-refractivity contribution in [3.8, 4) is 0 Å². The minimum atomic E-state index is -0.510. The highest BCUT2D eigenvalue weighted by atomic mass is 16.5. The molecule has 1 fully saturated rings. The molecule has 1 aromatic rings. The average Bonchev–Trinajstić information content (AvgIpc) is 3.22. The molecule has 0 aromatic carbocycles. The molecule has 0 radical (unpaired) electrons. The van der Waals surface area contributed by atoms with Crippen LogP contribution < -0.4 is 5.73 Å². The third kappa shape index (κ3) is 3.33. The number of nitrogens with two attached hydrogens (primary N) is 1. The Morgan fingerprint density at radius 1 is 1.42 bits per heavy atom. The molecule has 2 heterocycles. The molecule has 2 N–H and O–H groups in total. The Morgan fingerprint density at radius 2 is 2.25 bits per heavy atom. The van der Waals surface area contributed by atoms with Gasteiger partial charge in [0.1, 0.15) is 6.61 Å². The second-order valence-electron chi connectivity index (χ2n) is 6.32. The molecular formula is C16H22N4O4. The zero-order valence-electron chi connectivity index (χ0n) is 13.7. The molecule has 3 unspecified atom stereocenters. The van der Waals surface area contributed by atoms with E-state index in [1.54, 1.807) is 4.90 Å². The Hall–Kier alpha value is -2.22. The van der Waals surface area contributed by atoms with Crippen molar-refractivity contribution in [1.29, 1.82) is 0 Å². The van der Waals surface area contributed by atoms with Gasteiger partial charge in [0.15, 0.2) is 5.82 Å². The molecular weight excluding hydrogens is 312 g/mol. The van der Waals surface area contributed by atoms with E-state index in [4.69, 9.17) is 15.0 Å². The third-order valence-corrected chi connectivity index (χ3v) is 4.69. The van der Waals surface area contributed by atoms with Crippen molar-refractivity contribution in [3.63, 3.8) is 0 Å². The van der Waals surface area contributed by atoms with E-state index in [-0.39, 0.29) is 24.3 Å². The lowest BCUT2D eigenvalue weighted by atomic mass is 9.93. The SMILES string of the molecule is COCc1noc(C2CN(C(=O)C3CC=CCC3)CC2C(N)=O)n1. The number of nitrogens with zero attached hydrogens (tertiary/aromatic N) is 3. The molecule has 0 saturated carbocycles. The van der Waals surface area contributed by atoms with Gasteiger partial charge in [-0.1, -0.05) is 17.3 Å². The predicted molar refractivity (Wildman–Crippen MR) is 83.5 cm³/mol.